The van der Waals surface area contributed by atoms with Crippen LogP contribution in [0.15, 0.2) is 40.9 Å². The van der Waals surface area contributed by atoms with Crippen molar-refractivity contribution in [1.29, 1.82) is 0 Å². The van der Waals surface area contributed by atoms with E-state index in [0.717, 1.165) is 4.47 Å². The first-order valence-electron chi connectivity index (χ1n) is 6.01. The first-order chi connectivity index (χ1) is 10.0. The average Bonchev–Trinajstić information content (AvgIpc) is 2.46. The summed E-state index contributed by atoms with van der Waals surface area (Å²) < 4.78 is 19.4. The van der Waals surface area contributed by atoms with Crippen molar-refractivity contribution < 1.29 is 14.1 Å². The maximum absolute atomic E-state index is 13.7. The third-order valence-electron chi connectivity index (χ3n) is 2.88. The van der Waals surface area contributed by atoms with Gasteiger partial charge in [-0.2, -0.15) is 0 Å². The lowest BCUT2D eigenvalue weighted by molar-refractivity contribution is -0.385. The summed E-state index contributed by atoms with van der Waals surface area (Å²) >= 11 is 3.26. The maximum Gasteiger partial charge on any atom is 0.274 e. The van der Waals surface area contributed by atoms with Gasteiger partial charge in [-0.1, -0.05) is 15.9 Å². The summed E-state index contributed by atoms with van der Waals surface area (Å²) in [5.74, 6) is 0.0519. The van der Waals surface area contributed by atoms with Crippen LogP contribution >= 0.6 is 15.9 Å². The number of hydrogen-bond acceptors (Lipinski definition) is 4. The Balaban J connectivity index is 2.24. The molecule has 0 amide bonds. The molecule has 0 unspecified atom stereocenters. The van der Waals surface area contributed by atoms with Gasteiger partial charge in [0.1, 0.15) is 11.6 Å². The molecular weight excluding hydrogens is 343 g/mol. The number of methoxy groups -OCH3 is 1. The van der Waals surface area contributed by atoms with E-state index in [4.69, 9.17) is 4.74 Å². The number of nitrogens with one attached hydrogen (secondary N) is 1. The molecule has 5 nitrogen and oxygen atoms in total. The van der Waals surface area contributed by atoms with E-state index >= 15 is 0 Å². The molecule has 21 heavy (non-hydrogen) atoms. The fraction of sp³-hybridized carbons (Fsp3) is 0.143. The van der Waals surface area contributed by atoms with Gasteiger partial charge < -0.3 is 10.1 Å². The van der Waals surface area contributed by atoms with Crippen LogP contribution < -0.4 is 10.1 Å². The molecule has 0 atom stereocenters. The number of ether oxygens (including phenoxy) is 1. The lowest BCUT2D eigenvalue weighted by Crippen LogP contribution is -2.04. The van der Waals surface area contributed by atoms with Crippen molar-refractivity contribution in [3.8, 4) is 5.75 Å². The highest BCUT2D eigenvalue weighted by Gasteiger charge is 2.14. The fourth-order valence-electron chi connectivity index (χ4n) is 1.83. The van der Waals surface area contributed by atoms with Crippen LogP contribution in [0.25, 0.3) is 0 Å². The second-order valence-electron chi connectivity index (χ2n) is 4.23. The van der Waals surface area contributed by atoms with Gasteiger partial charge in [-0.25, -0.2) is 4.39 Å². The number of nitro groups is 1. The highest BCUT2D eigenvalue weighted by atomic mass is 79.9. The Morgan fingerprint density at radius 3 is 2.76 bits per heavy atom. The van der Waals surface area contributed by atoms with Gasteiger partial charge in [0, 0.05) is 28.7 Å². The molecule has 2 aromatic rings. The molecule has 2 rings (SSSR count). The monoisotopic (exact) mass is 354 g/mol. The van der Waals surface area contributed by atoms with Crippen LogP contribution in [0.3, 0.4) is 0 Å². The Morgan fingerprint density at radius 2 is 2.10 bits per heavy atom. The molecule has 0 aliphatic rings. The van der Waals surface area contributed by atoms with Crippen molar-refractivity contribution in [2.45, 2.75) is 6.54 Å². The predicted molar refractivity (Wildman–Crippen MR) is 81.1 cm³/mol. The minimum absolute atomic E-state index is 0.0194. The number of hydrogen-bond donors (Lipinski definition) is 1. The highest BCUT2D eigenvalue weighted by molar-refractivity contribution is 9.10. The molecular formula is C14H12BrFN2O3. The van der Waals surface area contributed by atoms with E-state index in [1.165, 1.54) is 31.4 Å². The molecule has 0 saturated carbocycles. The van der Waals surface area contributed by atoms with Gasteiger partial charge in [-0.15, -0.1) is 0 Å². The van der Waals surface area contributed by atoms with Crippen molar-refractivity contribution in [2.75, 3.05) is 12.4 Å². The molecule has 7 heteroatoms. The number of anilines is 1. The first kappa shape index (κ1) is 15.2. The molecule has 0 bridgehead atoms. The van der Waals surface area contributed by atoms with Crippen molar-refractivity contribution in [1.82, 2.24) is 0 Å². The summed E-state index contributed by atoms with van der Waals surface area (Å²) in [6.07, 6.45) is 0. The topological polar surface area (TPSA) is 64.4 Å². The smallest absolute Gasteiger partial charge is 0.274 e. The summed E-state index contributed by atoms with van der Waals surface area (Å²) in [7, 11) is 1.48. The molecule has 0 spiro atoms. The minimum Gasteiger partial charge on any atom is -0.497 e. The van der Waals surface area contributed by atoms with Crippen LogP contribution in [-0.4, -0.2) is 12.0 Å². The summed E-state index contributed by atoms with van der Waals surface area (Å²) in [5, 5.41) is 13.8. The number of rotatable bonds is 5. The van der Waals surface area contributed by atoms with E-state index in [2.05, 4.69) is 21.2 Å². The number of benzene rings is 2. The predicted octanol–water partition coefficient (Wildman–Crippen LogP) is 4.12. The summed E-state index contributed by atoms with van der Waals surface area (Å²) in [4.78, 5) is 10.5. The Morgan fingerprint density at radius 1 is 1.33 bits per heavy atom. The van der Waals surface area contributed by atoms with Gasteiger partial charge in [0.15, 0.2) is 0 Å². The summed E-state index contributed by atoms with van der Waals surface area (Å²) in [5.41, 5.74) is 0.661. The highest BCUT2D eigenvalue weighted by Crippen LogP contribution is 2.26. The summed E-state index contributed by atoms with van der Waals surface area (Å²) in [6, 6.07) is 8.90. The summed E-state index contributed by atoms with van der Waals surface area (Å²) in [6.45, 7) is 0.125. The average molecular weight is 355 g/mol. The normalized spacial score (nSPS) is 10.2. The zero-order valence-electron chi connectivity index (χ0n) is 11.1. The van der Waals surface area contributed by atoms with Gasteiger partial charge in [-0.3, -0.25) is 10.1 Å². The molecule has 2 aromatic carbocycles. The Hall–Kier alpha value is -2.15. The van der Waals surface area contributed by atoms with Crippen LogP contribution in [-0.2, 0) is 6.54 Å². The lowest BCUT2D eigenvalue weighted by Gasteiger charge is -2.10. The zero-order chi connectivity index (χ0) is 15.4. The van der Waals surface area contributed by atoms with Crippen molar-refractivity contribution >= 4 is 27.3 Å². The van der Waals surface area contributed by atoms with E-state index in [1.54, 1.807) is 12.1 Å². The third-order valence-corrected chi connectivity index (χ3v) is 3.37. The standard InChI is InChI=1S/C14H12BrFN2O3/c1-21-11-3-4-12(16)13(7-11)17-8-9-6-10(15)2-5-14(9)18(19)20/h2-7,17H,8H2,1H3. The molecule has 0 fully saturated rings. The lowest BCUT2D eigenvalue weighted by atomic mass is 10.1. The Bertz CT molecular complexity index is 679. The van der Waals surface area contributed by atoms with Crippen molar-refractivity contribution in [2.24, 2.45) is 0 Å². The van der Waals surface area contributed by atoms with Crippen LogP contribution in [0.2, 0.25) is 0 Å². The van der Waals surface area contributed by atoms with E-state index in [-0.39, 0.29) is 17.9 Å². The molecule has 0 saturated heterocycles. The van der Waals surface area contributed by atoms with Crippen LogP contribution in [0.4, 0.5) is 15.8 Å². The Kier molecular flexibility index (Phi) is 4.74. The largest absolute Gasteiger partial charge is 0.497 e. The van der Waals surface area contributed by atoms with Gasteiger partial charge in [-0.05, 0) is 24.3 Å². The van der Waals surface area contributed by atoms with E-state index in [0.29, 0.717) is 11.3 Å². The van der Waals surface area contributed by atoms with Crippen molar-refractivity contribution in [3.05, 3.63) is 62.4 Å². The quantitative estimate of drug-likeness (QED) is 0.647. The Labute approximate surface area is 129 Å². The molecule has 0 aliphatic carbocycles. The second-order valence-corrected chi connectivity index (χ2v) is 5.15. The van der Waals surface area contributed by atoms with E-state index in [9.17, 15) is 14.5 Å². The van der Waals surface area contributed by atoms with Crippen LogP contribution in [0.1, 0.15) is 5.56 Å². The molecule has 110 valence electrons. The van der Waals surface area contributed by atoms with Gasteiger partial charge >= 0.3 is 0 Å². The van der Waals surface area contributed by atoms with E-state index in [1.807, 2.05) is 0 Å². The maximum atomic E-state index is 13.7. The second kappa shape index (κ2) is 6.53. The third kappa shape index (κ3) is 3.69. The van der Waals surface area contributed by atoms with Crippen LogP contribution in [0.5, 0.6) is 5.75 Å². The van der Waals surface area contributed by atoms with E-state index < -0.39 is 10.7 Å². The number of nitrogens with zero attached hydrogens (tertiary/aromatic N) is 1. The number of nitro benzene ring substituents is 1. The molecule has 0 aromatic heterocycles. The van der Waals surface area contributed by atoms with Crippen molar-refractivity contribution in [3.63, 3.8) is 0 Å². The van der Waals surface area contributed by atoms with Gasteiger partial charge in [0.25, 0.3) is 5.69 Å². The first-order valence-corrected chi connectivity index (χ1v) is 6.81. The van der Waals surface area contributed by atoms with Gasteiger partial charge in [0.05, 0.1) is 17.7 Å². The van der Waals surface area contributed by atoms with Gasteiger partial charge in [0.2, 0.25) is 0 Å². The zero-order valence-corrected chi connectivity index (χ0v) is 12.7. The molecule has 0 aliphatic heterocycles. The fourth-order valence-corrected chi connectivity index (χ4v) is 2.24. The van der Waals surface area contributed by atoms with Crippen LogP contribution in [0, 0.1) is 15.9 Å². The minimum atomic E-state index is -0.467. The SMILES string of the molecule is COc1ccc(F)c(NCc2cc(Br)ccc2[N+](=O)[O-])c1. The molecule has 0 heterocycles. The molecule has 0 radical (unpaired) electrons. The molecule has 1 N–H and O–H groups in total. The number of halogens is 2.